The average Bonchev–Trinajstić information content (AvgIpc) is 2.58. The highest BCUT2D eigenvalue weighted by Crippen LogP contribution is 2.16. The molecule has 0 saturated heterocycles. The van der Waals surface area contributed by atoms with E-state index in [0.717, 1.165) is 12.8 Å². The van der Waals surface area contributed by atoms with Crippen LogP contribution in [0.15, 0.2) is 24.3 Å². The van der Waals surface area contributed by atoms with E-state index in [1.54, 1.807) is 31.2 Å². The Labute approximate surface area is 149 Å². The predicted molar refractivity (Wildman–Crippen MR) is 102 cm³/mol. The van der Waals surface area contributed by atoms with Crippen LogP contribution < -0.4 is 5.32 Å². The summed E-state index contributed by atoms with van der Waals surface area (Å²) in [4.78, 5) is 24.0. The first-order valence-electron chi connectivity index (χ1n) is 8.74. The van der Waals surface area contributed by atoms with Crippen LogP contribution in [0.5, 0.6) is 0 Å². The third-order valence-corrected chi connectivity index (χ3v) is 4.70. The topological polar surface area (TPSA) is 55.4 Å². The molecule has 4 nitrogen and oxygen atoms in total. The van der Waals surface area contributed by atoms with Crippen molar-refractivity contribution >= 4 is 29.3 Å². The summed E-state index contributed by atoms with van der Waals surface area (Å²) < 4.78 is 4.98. The lowest BCUT2D eigenvalue weighted by Gasteiger charge is -2.12. The summed E-state index contributed by atoms with van der Waals surface area (Å²) in [6, 6.07) is 6.88. The molecule has 0 heterocycles. The van der Waals surface area contributed by atoms with Gasteiger partial charge in [-0.25, -0.2) is 4.79 Å². The molecular weight excluding hydrogens is 322 g/mol. The number of nitrogens with one attached hydrogen (secondary N) is 1. The maximum atomic E-state index is 12.3. The van der Waals surface area contributed by atoms with Gasteiger partial charge in [-0.3, -0.25) is 4.79 Å². The van der Waals surface area contributed by atoms with E-state index in [1.165, 1.54) is 24.3 Å². The normalized spacial score (nSPS) is 11.8. The maximum absolute atomic E-state index is 12.3. The monoisotopic (exact) mass is 351 g/mol. The molecule has 1 unspecified atom stereocenters. The van der Waals surface area contributed by atoms with Gasteiger partial charge in [0.2, 0.25) is 5.91 Å². The van der Waals surface area contributed by atoms with Gasteiger partial charge in [-0.15, -0.1) is 0 Å². The van der Waals surface area contributed by atoms with Gasteiger partial charge in [0, 0.05) is 11.6 Å². The molecule has 0 bridgehead atoms. The third kappa shape index (κ3) is 7.86. The van der Waals surface area contributed by atoms with Crippen molar-refractivity contribution in [3.8, 4) is 0 Å². The quantitative estimate of drug-likeness (QED) is 0.462. The molecule has 0 saturated carbocycles. The maximum Gasteiger partial charge on any atom is 0.338 e. The highest BCUT2D eigenvalue weighted by molar-refractivity contribution is 7.99. The summed E-state index contributed by atoms with van der Waals surface area (Å²) in [6.45, 7) is 6.23. The van der Waals surface area contributed by atoms with E-state index in [2.05, 4.69) is 12.2 Å². The molecule has 1 aromatic rings. The smallest absolute Gasteiger partial charge is 0.338 e. The Morgan fingerprint density at radius 2 is 2.00 bits per heavy atom. The van der Waals surface area contributed by atoms with Gasteiger partial charge >= 0.3 is 5.97 Å². The Morgan fingerprint density at radius 1 is 1.21 bits per heavy atom. The van der Waals surface area contributed by atoms with E-state index in [4.69, 9.17) is 4.74 Å². The molecule has 1 atom stereocenters. The fourth-order valence-corrected chi connectivity index (χ4v) is 3.01. The number of unbranched alkanes of at least 4 members (excludes halogenated alkanes) is 2. The zero-order valence-corrected chi connectivity index (χ0v) is 15.8. The van der Waals surface area contributed by atoms with Gasteiger partial charge in [-0.1, -0.05) is 32.8 Å². The van der Waals surface area contributed by atoms with Crippen LogP contribution in [-0.2, 0) is 9.53 Å². The van der Waals surface area contributed by atoms with Crippen LogP contribution in [-0.4, -0.2) is 30.0 Å². The van der Waals surface area contributed by atoms with Gasteiger partial charge in [-0.05, 0) is 49.5 Å². The summed E-state index contributed by atoms with van der Waals surface area (Å²) in [5.74, 6) is 1.97. The Balaban J connectivity index is 2.40. The van der Waals surface area contributed by atoms with Gasteiger partial charge < -0.3 is 10.1 Å². The number of rotatable bonds is 11. The van der Waals surface area contributed by atoms with Gasteiger partial charge in [0.25, 0.3) is 0 Å². The minimum absolute atomic E-state index is 0.000980. The van der Waals surface area contributed by atoms with Crippen molar-refractivity contribution in [2.75, 3.05) is 23.4 Å². The van der Waals surface area contributed by atoms with E-state index >= 15 is 0 Å². The van der Waals surface area contributed by atoms with Gasteiger partial charge in [0.15, 0.2) is 0 Å². The highest BCUT2D eigenvalue weighted by Gasteiger charge is 2.14. The van der Waals surface area contributed by atoms with Crippen LogP contribution in [0.25, 0.3) is 0 Å². The first kappa shape index (κ1) is 20.6. The number of hydrogen-bond donors (Lipinski definition) is 1. The first-order chi connectivity index (χ1) is 11.6. The zero-order valence-electron chi connectivity index (χ0n) is 15.0. The molecule has 0 radical (unpaired) electrons. The second-order valence-corrected chi connectivity index (χ2v) is 7.13. The highest BCUT2D eigenvalue weighted by atomic mass is 32.2. The number of esters is 1. The van der Waals surface area contributed by atoms with Crippen molar-refractivity contribution in [2.24, 2.45) is 5.92 Å². The minimum atomic E-state index is -0.369. The number of thioether (sulfide) groups is 1. The fourth-order valence-electron chi connectivity index (χ4n) is 2.31. The predicted octanol–water partition coefficient (Wildman–Crippen LogP) is 4.75. The first-order valence-corrected chi connectivity index (χ1v) is 9.89. The van der Waals surface area contributed by atoms with Crippen LogP contribution >= 0.6 is 11.8 Å². The molecule has 0 aliphatic heterocycles. The molecule has 24 heavy (non-hydrogen) atoms. The van der Waals surface area contributed by atoms with Crippen LogP contribution in [0, 0.1) is 5.92 Å². The van der Waals surface area contributed by atoms with Gasteiger partial charge in [-0.2, -0.15) is 11.8 Å². The Kier molecular flexibility index (Phi) is 10.2. The van der Waals surface area contributed by atoms with Crippen molar-refractivity contribution in [3.63, 3.8) is 0 Å². The van der Waals surface area contributed by atoms with Crippen LogP contribution in [0.4, 0.5) is 5.69 Å². The zero-order chi connectivity index (χ0) is 17.8. The minimum Gasteiger partial charge on any atom is -0.462 e. The van der Waals surface area contributed by atoms with Crippen molar-refractivity contribution in [3.05, 3.63) is 29.8 Å². The Bertz CT molecular complexity index is 519. The number of carbonyl (C=O) groups is 2. The summed E-state index contributed by atoms with van der Waals surface area (Å²) in [5, 5.41) is 2.89. The molecule has 0 spiro atoms. The summed E-state index contributed by atoms with van der Waals surface area (Å²) >= 11 is 1.97. The summed E-state index contributed by atoms with van der Waals surface area (Å²) in [7, 11) is 0. The molecule has 0 aliphatic carbocycles. The molecule has 1 aromatic carbocycles. The summed E-state index contributed by atoms with van der Waals surface area (Å²) in [5.41, 5.74) is 1.09. The second kappa shape index (κ2) is 12.0. The number of benzene rings is 1. The fraction of sp³-hybridized carbons (Fsp3) is 0.579. The second-order valence-electron chi connectivity index (χ2n) is 5.74. The Morgan fingerprint density at radius 3 is 2.71 bits per heavy atom. The van der Waals surface area contributed by atoms with E-state index < -0.39 is 0 Å². The number of anilines is 1. The average molecular weight is 352 g/mol. The molecule has 0 aromatic heterocycles. The van der Waals surface area contributed by atoms with E-state index in [9.17, 15) is 9.59 Å². The van der Waals surface area contributed by atoms with Crippen LogP contribution in [0.3, 0.4) is 0 Å². The number of amides is 1. The van der Waals surface area contributed by atoms with E-state index in [-0.39, 0.29) is 17.8 Å². The lowest BCUT2D eigenvalue weighted by atomic mass is 10.0. The molecule has 1 N–H and O–H groups in total. The van der Waals surface area contributed by atoms with Gasteiger partial charge in [0.1, 0.15) is 0 Å². The lowest BCUT2D eigenvalue weighted by Crippen LogP contribution is -2.20. The van der Waals surface area contributed by atoms with Crippen molar-refractivity contribution < 1.29 is 14.3 Å². The molecule has 0 fully saturated rings. The molecule has 1 rings (SSSR count). The molecule has 1 amide bonds. The third-order valence-electron chi connectivity index (χ3n) is 3.72. The summed E-state index contributed by atoms with van der Waals surface area (Å²) in [6.07, 6.45) is 4.35. The van der Waals surface area contributed by atoms with Crippen molar-refractivity contribution in [1.82, 2.24) is 0 Å². The Hall–Kier alpha value is -1.49. The molecular formula is C19H29NO3S. The van der Waals surface area contributed by atoms with Crippen molar-refractivity contribution in [1.29, 1.82) is 0 Å². The SMILES string of the molecule is CCOC(=O)c1cccc(NC(=O)C(C)CCCCCSCC)c1. The van der Waals surface area contributed by atoms with Crippen LogP contribution in [0.2, 0.25) is 0 Å². The largest absolute Gasteiger partial charge is 0.462 e. The number of ether oxygens (including phenoxy) is 1. The lowest BCUT2D eigenvalue weighted by molar-refractivity contribution is -0.119. The molecule has 134 valence electrons. The van der Waals surface area contributed by atoms with E-state index in [0.29, 0.717) is 17.9 Å². The van der Waals surface area contributed by atoms with Crippen LogP contribution in [0.1, 0.15) is 56.8 Å². The molecule has 5 heteroatoms. The number of carbonyl (C=O) groups excluding carboxylic acids is 2. The number of hydrogen-bond acceptors (Lipinski definition) is 4. The van der Waals surface area contributed by atoms with E-state index in [1.807, 2.05) is 18.7 Å². The molecule has 0 aliphatic rings. The van der Waals surface area contributed by atoms with Crippen molar-refractivity contribution in [2.45, 2.75) is 46.5 Å². The van der Waals surface area contributed by atoms with Gasteiger partial charge in [0.05, 0.1) is 12.2 Å². The standard InChI is InChI=1S/C19H29NO3S/c1-4-23-19(22)16-11-9-12-17(14-16)20-18(21)15(3)10-7-6-8-13-24-5-2/h9,11-12,14-15H,4-8,10,13H2,1-3H3,(H,20,21).